The van der Waals surface area contributed by atoms with E-state index in [0.717, 1.165) is 0 Å². The van der Waals surface area contributed by atoms with E-state index in [0.29, 0.717) is 0 Å². The minimum Gasteiger partial charge on any atom is -0.349 e. The summed E-state index contributed by atoms with van der Waals surface area (Å²) in [6.07, 6.45) is 0. The molecule has 0 aliphatic rings. The van der Waals surface area contributed by atoms with E-state index < -0.39 is 9.75 Å². The molecule has 0 bridgehead atoms. The van der Waals surface area contributed by atoms with Crippen LogP contribution in [0.2, 0.25) is 0 Å². The van der Waals surface area contributed by atoms with Gasteiger partial charge in [-0.25, -0.2) is 0 Å². The van der Waals surface area contributed by atoms with Crippen molar-refractivity contribution in [1.29, 1.82) is 0 Å². The third-order valence-electron chi connectivity index (χ3n) is 1.72. The van der Waals surface area contributed by atoms with Crippen molar-refractivity contribution in [3.05, 3.63) is 0 Å². The Labute approximate surface area is 96.3 Å². The van der Waals surface area contributed by atoms with Gasteiger partial charge in [0.1, 0.15) is 0 Å². The molecule has 0 saturated heterocycles. The Morgan fingerprint density at radius 3 is 1.57 bits per heavy atom. The second-order valence-electron chi connectivity index (χ2n) is 5.53. The highest BCUT2D eigenvalue weighted by Gasteiger charge is 2.46. The number of halogens is 2. The molecule has 0 atom stereocenters. The van der Waals surface area contributed by atoms with Crippen LogP contribution in [-0.2, 0) is 4.79 Å². The molecule has 1 N–H and O–H groups in total. The molecule has 0 fully saturated rings. The molecule has 84 valence electrons. The highest BCUT2D eigenvalue weighted by atomic mass is 35.5. The van der Waals surface area contributed by atoms with E-state index >= 15 is 0 Å². The maximum atomic E-state index is 11.8. The lowest BCUT2D eigenvalue weighted by Gasteiger charge is -2.35. The summed E-state index contributed by atoms with van der Waals surface area (Å²) >= 11 is 12.0. The molecule has 0 aromatic rings. The van der Waals surface area contributed by atoms with Crippen LogP contribution in [0.15, 0.2) is 0 Å². The average Bonchev–Trinajstić information content (AvgIpc) is 1.80. The molecular weight excluding hydrogens is 221 g/mol. The van der Waals surface area contributed by atoms with E-state index in [4.69, 9.17) is 23.2 Å². The van der Waals surface area contributed by atoms with Crippen molar-refractivity contribution in [3.8, 4) is 0 Å². The van der Waals surface area contributed by atoms with Crippen molar-refractivity contribution in [2.75, 3.05) is 0 Å². The van der Waals surface area contributed by atoms with Gasteiger partial charge in [-0.15, -0.1) is 0 Å². The zero-order valence-electron chi connectivity index (χ0n) is 9.66. The number of amides is 1. The topological polar surface area (TPSA) is 29.1 Å². The summed E-state index contributed by atoms with van der Waals surface area (Å²) in [5.74, 6) is -0.346. The summed E-state index contributed by atoms with van der Waals surface area (Å²) in [7, 11) is 0. The lowest BCUT2D eigenvalue weighted by atomic mass is 9.90. The van der Waals surface area contributed by atoms with Gasteiger partial charge in [0.05, 0.1) is 0 Å². The Morgan fingerprint density at radius 1 is 1.00 bits per heavy atom. The van der Waals surface area contributed by atoms with Crippen molar-refractivity contribution < 1.29 is 4.79 Å². The Hall–Kier alpha value is 0.0500. The quantitative estimate of drug-likeness (QED) is 0.701. The van der Waals surface area contributed by atoms with E-state index in [9.17, 15) is 4.79 Å². The van der Waals surface area contributed by atoms with Gasteiger partial charge < -0.3 is 5.32 Å². The van der Waals surface area contributed by atoms with Gasteiger partial charge in [0, 0.05) is 11.0 Å². The number of carbonyl (C=O) groups excluding carboxylic acids is 1. The lowest BCUT2D eigenvalue weighted by molar-refractivity contribution is -0.125. The maximum Gasteiger partial charge on any atom is 0.257 e. The summed E-state index contributed by atoms with van der Waals surface area (Å²) in [6, 6.07) is 0. The molecule has 2 nitrogen and oxygen atoms in total. The Bertz CT molecular complexity index is 223. The number of nitrogens with one attached hydrogen (secondary N) is 1. The minimum atomic E-state index is -1.40. The van der Waals surface area contributed by atoms with E-state index in [2.05, 4.69) is 5.32 Å². The molecule has 1 amide bonds. The smallest absolute Gasteiger partial charge is 0.257 e. The van der Waals surface area contributed by atoms with E-state index in [1.807, 2.05) is 41.5 Å². The first kappa shape index (κ1) is 14.1. The van der Waals surface area contributed by atoms with E-state index in [1.54, 1.807) is 0 Å². The molecule has 4 heteroatoms. The zero-order chi connectivity index (χ0) is 11.8. The number of hydrogen-bond acceptors (Lipinski definition) is 1. The van der Waals surface area contributed by atoms with Crippen molar-refractivity contribution in [1.82, 2.24) is 5.32 Å². The fourth-order valence-corrected chi connectivity index (χ4v) is 0.854. The van der Waals surface area contributed by atoms with Crippen molar-refractivity contribution >= 4 is 29.1 Å². The Balaban J connectivity index is 4.70. The summed E-state index contributed by atoms with van der Waals surface area (Å²) in [5, 5.41) is 2.76. The van der Waals surface area contributed by atoms with Crippen LogP contribution in [0, 0.1) is 5.41 Å². The predicted octanol–water partition coefficient (Wildman–Crippen LogP) is 3.12. The van der Waals surface area contributed by atoms with Gasteiger partial charge in [0.2, 0.25) is 4.33 Å². The molecule has 0 radical (unpaired) electrons. The first-order valence-electron chi connectivity index (χ1n) is 4.58. The Kier molecular flexibility index (Phi) is 3.91. The van der Waals surface area contributed by atoms with E-state index in [1.165, 1.54) is 0 Å². The van der Waals surface area contributed by atoms with Crippen LogP contribution in [0.25, 0.3) is 0 Å². The molecule has 14 heavy (non-hydrogen) atoms. The second kappa shape index (κ2) is 3.90. The third kappa shape index (κ3) is 3.66. The summed E-state index contributed by atoms with van der Waals surface area (Å²) in [5.41, 5.74) is -0.817. The number of rotatable bonds is 1. The standard InChI is InChI=1S/C10H19Cl2NO/c1-8(2,3)10(11,12)7(14)13-9(4,5)6/h1-6H3,(H,13,14). The number of carbonyl (C=O) groups is 1. The molecule has 0 aromatic carbocycles. The summed E-state index contributed by atoms with van der Waals surface area (Å²) in [6.45, 7) is 11.1. The monoisotopic (exact) mass is 239 g/mol. The zero-order valence-corrected chi connectivity index (χ0v) is 11.2. The van der Waals surface area contributed by atoms with Crippen molar-refractivity contribution in [3.63, 3.8) is 0 Å². The normalized spacial score (nSPS) is 14.0. The van der Waals surface area contributed by atoms with Gasteiger partial charge in [0.25, 0.3) is 5.91 Å². The van der Waals surface area contributed by atoms with Crippen LogP contribution in [0.3, 0.4) is 0 Å². The van der Waals surface area contributed by atoms with Crippen molar-refractivity contribution in [2.24, 2.45) is 5.41 Å². The molecule has 0 aliphatic carbocycles. The van der Waals surface area contributed by atoms with Gasteiger partial charge in [-0.3, -0.25) is 4.79 Å². The third-order valence-corrected chi connectivity index (χ3v) is 3.19. The fraction of sp³-hybridized carbons (Fsp3) is 0.900. The predicted molar refractivity (Wildman–Crippen MR) is 61.8 cm³/mol. The highest BCUT2D eigenvalue weighted by Crippen LogP contribution is 2.40. The minimum absolute atomic E-state index is 0.322. The van der Waals surface area contributed by atoms with Crippen LogP contribution in [0.5, 0.6) is 0 Å². The number of alkyl halides is 2. The van der Waals surface area contributed by atoms with E-state index in [-0.39, 0.29) is 11.4 Å². The number of hydrogen-bond donors (Lipinski definition) is 1. The van der Waals surface area contributed by atoms with Crippen LogP contribution >= 0.6 is 23.2 Å². The van der Waals surface area contributed by atoms with Gasteiger partial charge in [0.15, 0.2) is 0 Å². The first-order chi connectivity index (χ1) is 5.88. The van der Waals surface area contributed by atoms with Crippen LogP contribution in [-0.4, -0.2) is 15.8 Å². The van der Waals surface area contributed by atoms with Crippen LogP contribution in [0.4, 0.5) is 0 Å². The lowest BCUT2D eigenvalue weighted by Crippen LogP contribution is -2.52. The average molecular weight is 240 g/mol. The molecule has 0 aliphatic heterocycles. The van der Waals surface area contributed by atoms with Crippen LogP contribution < -0.4 is 5.32 Å². The fourth-order valence-electron chi connectivity index (χ4n) is 0.760. The molecule has 0 rings (SSSR count). The SMILES string of the molecule is CC(C)(C)NC(=O)C(Cl)(Cl)C(C)(C)C. The summed E-state index contributed by atoms with van der Waals surface area (Å²) in [4.78, 5) is 11.8. The van der Waals surface area contributed by atoms with Gasteiger partial charge in [-0.1, -0.05) is 44.0 Å². The maximum absolute atomic E-state index is 11.8. The van der Waals surface area contributed by atoms with Gasteiger partial charge in [-0.05, 0) is 20.8 Å². The Morgan fingerprint density at radius 2 is 1.36 bits per heavy atom. The molecule has 0 unspecified atom stereocenters. The van der Waals surface area contributed by atoms with Gasteiger partial charge >= 0.3 is 0 Å². The summed E-state index contributed by atoms with van der Waals surface area (Å²) < 4.78 is -1.40. The second-order valence-corrected chi connectivity index (χ2v) is 6.86. The first-order valence-corrected chi connectivity index (χ1v) is 5.34. The van der Waals surface area contributed by atoms with Crippen molar-refractivity contribution in [2.45, 2.75) is 51.4 Å². The molecule has 0 saturated carbocycles. The molecular formula is C10H19Cl2NO. The largest absolute Gasteiger partial charge is 0.349 e. The highest BCUT2D eigenvalue weighted by molar-refractivity contribution is 6.58. The van der Waals surface area contributed by atoms with Gasteiger partial charge in [-0.2, -0.15) is 0 Å². The molecule has 0 spiro atoms. The van der Waals surface area contributed by atoms with Crippen LogP contribution in [0.1, 0.15) is 41.5 Å². The molecule has 0 aromatic heterocycles. The molecule has 0 heterocycles.